The summed E-state index contributed by atoms with van der Waals surface area (Å²) in [7, 11) is 0. The van der Waals surface area contributed by atoms with Gasteiger partial charge >= 0.3 is 0 Å². The molecule has 0 aliphatic rings. The van der Waals surface area contributed by atoms with Crippen LogP contribution >= 0.6 is 11.3 Å². The second kappa shape index (κ2) is 4.07. The fraction of sp³-hybridized carbons (Fsp3) is 0.667. The first-order chi connectivity index (χ1) is 6.06. The molecular weight excluding hydrogens is 182 g/mol. The van der Waals surface area contributed by atoms with E-state index in [1.807, 2.05) is 0 Å². The lowest BCUT2D eigenvalue weighted by Gasteiger charge is -2.02. The van der Waals surface area contributed by atoms with Crippen molar-refractivity contribution in [1.82, 2.24) is 4.98 Å². The van der Waals surface area contributed by atoms with Gasteiger partial charge in [0.05, 0.1) is 9.88 Å². The van der Waals surface area contributed by atoms with E-state index in [4.69, 9.17) is 5.84 Å². The highest BCUT2D eigenvalue weighted by atomic mass is 32.1. The molecule has 74 valence electrons. The van der Waals surface area contributed by atoms with Crippen molar-refractivity contribution >= 4 is 17.2 Å². The Kier molecular flexibility index (Phi) is 3.27. The molecule has 0 atom stereocenters. The molecule has 1 aromatic rings. The first-order valence-corrected chi connectivity index (χ1v) is 5.35. The predicted molar refractivity (Wildman–Crippen MR) is 58.1 cm³/mol. The summed E-state index contributed by atoms with van der Waals surface area (Å²) >= 11 is 1.75. The summed E-state index contributed by atoms with van der Waals surface area (Å²) < 4.78 is 0. The van der Waals surface area contributed by atoms with Crippen LogP contribution in [0, 0.1) is 0 Å². The zero-order valence-electron chi connectivity index (χ0n) is 8.59. The van der Waals surface area contributed by atoms with Crippen LogP contribution in [0.25, 0.3) is 0 Å². The third-order valence-corrected chi connectivity index (χ3v) is 3.48. The van der Waals surface area contributed by atoms with Crippen molar-refractivity contribution < 1.29 is 0 Å². The molecule has 0 aliphatic heterocycles. The number of thiazole rings is 1. The molecule has 3 N–H and O–H groups in total. The van der Waals surface area contributed by atoms with Crippen LogP contribution in [0.4, 0.5) is 5.82 Å². The predicted octanol–water partition coefficient (Wildman–Crippen LogP) is 2.68. The Morgan fingerprint density at radius 2 is 1.85 bits per heavy atom. The van der Waals surface area contributed by atoms with Crippen LogP contribution < -0.4 is 11.3 Å². The van der Waals surface area contributed by atoms with Gasteiger partial charge < -0.3 is 5.43 Å². The van der Waals surface area contributed by atoms with Gasteiger partial charge in [-0.1, -0.05) is 27.7 Å². The zero-order valence-corrected chi connectivity index (χ0v) is 9.40. The first kappa shape index (κ1) is 10.5. The lowest BCUT2D eigenvalue weighted by molar-refractivity contribution is 0.850. The molecule has 0 saturated heterocycles. The van der Waals surface area contributed by atoms with Crippen LogP contribution in [0.2, 0.25) is 0 Å². The topological polar surface area (TPSA) is 50.9 Å². The van der Waals surface area contributed by atoms with E-state index in [1.165, 1.54) is 4.88 Å². The highest BCUT2D eigenvalue weighted by Crippen LogP contribution is 2.32. The molecule has 13 heavy (non-hydrogen) atoms. The van der Waals surface area contributed by atoms with E-state index in [9.17, 15) is 0 Å². The van der Waals surface area contributed by atoms with Crippen LogP contribution in [0.3, 0.4) is 0 Å². The van der Waals surface area contributed by atoms with E-state index in [-0.39, 0.29) is 0 Å². The molecule has 0 amide bonds. The number of nitrogen functional groups attached to an aromatic ring is 1. The molecule has 0 aliphatic carbocycles. The Morgan fingerprint density at radius 1 is 1.23 bits per heavy atom. The van der Waals surface area contributed by atoms with Gasteiger partial charge in [-0.2, -0.15) is 0 Å². The normalized spacial score (nSPS) is 11.3. The third kappa shape index (κ3) is 2.19. The number of nitrogens with zero attached hydrogens (tertiary/aromatic N) is 1. The zero-order chi connectivity index (χ0) is 10.0. The van der Waals surface area contributed by atoms with E-state index < -0.39 is 0 Å². The van der Waals surface area contributed by atoms with Crippen molar-refractivity contribution in [1.29, 1.82) is 0 Å². The summed E-state index contributed by atoms with van der Waals surface area (Å²) in [5, 5.41) is 1.15. The number of nitrogens with one attached hydrogen (secondary N) is 1. The van der Waals surface area contributed by atoms with E-state index >= 15 is 0 Å². The molecule has 1 rings (SSSR count). The smallest absolute Gasteiger partial charge is 0.154 e. The average Bonchev–Trinajstić information content (AvgIpc) is 2.47. The van der Waals surface area contributed by atoms with Crippen molar-refractivity contribution in [2.75, 3.05) is 5.43 Å². The number of aromatic nitrogens is 1. The summed E-state index contributed by atoms with van der Waals surface area (Å²) in [6.07, 6.45) is 0. The quantitative estimate of drug-likeness (QED) is 0.581. The van der Waals surface area contributed by atoms with E-state index in [0.717, 1.165) is 10.8 Å². The second-order valence-electron chi connectivity index (χ2n) is 3.72. The summed E-state index contributed by atoms with van der Waals surface area (Å²) in [4.78, 5) is 5.67. The van der Waals surface area contributed by atoms with Gasteiger partial charge in [0.2, 0.25) is 0 Å². The van der Waals surface area contributed by atoms with Gasteiger partial charge in [0, 0.05) is 5.92 Å². The molecule has 4 heteroatoms. The molecule has 1 heterocycles. The second-order valence-corrected chi connectivity index (χ2v) is 4.78. The Bertz CT molecular complexity index is 278. The van der Waals surface area contributed by atoms with Crippen molar-refractivity contribution in [3.8, 4) is 0 Å². The Balaban J connectivity index is 3.04. The summed E-state index contributed by atoms with van der Waals surface area (Å²) in [6, 6.07) is 0. The SMILES string of the molecule is CC(C)c1nc(NN)c(C(C)C)s1. The lowest BCUT2D eigenvalue weighted by Crippen LogP contribution is -2.09. The third-order valence-electron chi connectivity index (χ3n) is 1.82. The van der Waals surface area contributed by atoms with Crippen LogP contribution in [0.1, 0.15) is 49.4 Å². The molecule has 0 spiro atoms. The molecule has 0 saturated carbocycles. The monoisotopic (exact) mass is 199 g/mol. The van der Waals surface area contributed by atoms with Crippen LogP contribution in [-0.4, -0.2) is 4.98 Å². The van der Waals surface area contributed by atoms with Gasteiger partial charge in [0.15, 0.2) is 5.82 Å². The van der Waals surface area contributed by atoms with E-state index in [1.54, 1.807) is 11.3 Å². The molecule has 0 fully saturated rings. The van der Waals surface area contributed by atoms with Crippen LogP contribution in [0.5, 0.6) is 0 Å². The fourth-order valence-corrected chi connectivity index (χ4v) is 2.13. The van der Waals surface area contributed by atoms with Gasteiger partial charge in [0.1, 0.15) is 0 Å². The molecule has 3 nitrogen and oxygen atoms in total. The molecule has 0 aromatic carbocycles. The largest absolute Gasteiger partial charge is 0.308 e. The van der Waals surface area contributed by atoms with Crippen LogP contribution in [0.15, 0.2) is 0 Å². The number of hydrazine groups is 1. The van der Waals surface area contributed by atoms with Crippen LogP contribution in [-0.2, 0) is 0 Å². The molecule has 0 radical (unpaired) electrons. The number of nitrogens with two attached hydrogens (primary N) is 1. The van der Waals surface area contributed by atoms with Crippen molar-refractivity contribution in [2.45, 2.75) is 39.5 Å². The highest BCUT2D eigenvalue weighted by molar-refractivity contribution is 7.12. The number of anilines is 1. The average molecular weight is 199 g/mol. The molecule has 0 unspecified atom stereocenters. The van der Waals surface area contributed by atoms with Crippen molar-refractivity contribution in [2.24, 2.45) is 5.84 Å². The van der Waals surface area contributed by atoms with Gasteiger partial charge in [-0.3, -0.25) is 0 Å². The number of rotatable bonds is 3. The molecule has 0 bridgehead atoms. The maximum absolute atomic E-state index is 5.40. The number of hydrogen-bond donors (Lipinski definition) is 2. The molecular formula is C9H17N3S. The highest BCUT2D eigenvalue weighted by Gasteiger charge is 2.14. The Labute approximate surface area is 83.3 Å². The Hall–Kier alpha value is -0.610. The maximum Gasteiger partial charge on any atom is 0.154 e. The van der Waals surface area contributed by atoms with Crippen molar-refractivity contribution in [3.05, 3.63) is 9.88 Å². The van der Waals surface area contributed by atoms with E-state index in [0.29, 0.717) is 11.8 Å². The summed E-state index contributed by atoms with van der Waals surface area (Å²) in [5.41, 5.74) is 2.65. The minimum atomic E-state index is 0.476. The van der Waals surface area contributed by atoms with Gasteiger partial charge in [0.25, 0.3) is 0 Å². The minimum absolute atomic E-state index is 0.476. The minimum Gasteiger partial charge on any atom is -0.308 e. The standard InChI is InChI=1S/C9H17N3S/c1-5(2)7-8(12-10)11-9(13-7)6(3)4/h5-6,12H,10H2,1-4H3. The van der Waals surface area contributed by atoms with Gasteiger partial charge in [-0.25, -0.2) is 10.8 Å². The van der Waals surface area contributed by atoms with Gasteiger partial charge in [-0.05, 0) is 5.92 Å². The lowest BCUT2D eigenvalue weighted by atomic mass is 10.2. The summed E-state index contributed by atoms with van der Waals surface area (Å²) in [6.45, 7) is 8.59. The van der Waals surface area contributed by atoms with Gasteiger partial charge in [-0.15, -0.1) is 11.3 Å². The maximum atomic E-state index is 5.40. The summed E-state index contributed by atoms with van der Waals surface area (Å²) in [5.74, 6) is 7.19. The Morgan fingerprint density at radius 3 is 2.15 bits per heavy atom. The van der Waals surface area contributed by atoms with E-state index in [2.05, 4.69) is 38.1 Å². The van der Waals surface area contributed by atoms with Crippen molar-refractivity contribution in [3.63, 3.8) is 0 Å². The fourth-order valence-electron chi connectivity index (χ4n) is 1.09. The first-order valence-electron chi connectivity index (χ1n) is 4.53. The number of hydrogen-bond acceptors (Lipinski definition) is 4. The molecule has 1 aromatic heterocycles.